The van der Waals surface area contributed by atoms with E-state index in [1.54, 1.807) is 6.07 Å². The molecule has 0 unspecified atom stereocenters. The van der Waals surface area contributed by atoms with Gasteiger partial charge in [0.05, 0.1) is 16.6 Å². The van der Waals surface area contributed by atoms with Crippen LogP contribution in [0.5, 0.6) is 0 Å². The molecule has 0 bridgehead atoms. The van der Waals surface area contributed by atoms with Crippen molar-refractivity contribution in [1.82, 2.24) is 4.72 Å². The monoisotopic (exact) mass is 488 g/mol. The number of hydrogen-bond acceptors (Lipinski definition) is 4. The second kappa shape index (κ2) is 8.85. The Morgan fingerprint density at radius 1 is 1.07 bits per heavy atom. The molecular formula is C22H21BrN2O4S. The van der Waals surface area contributed by atoms with E-state index in [-0.39, 0.29) is 23.1 Å². The van der Waals surface area contributed by atoms with Gasteiger partial charge in [-0.15, -0.1) is 0 Å². The molecule has 6 nitrogen and oxygen atoms in total. The molecule has 0 aromatic heterocycles. The molecule has 0 saturated carbocycles. The van der Waals surface area contributed by atoms with Crippen LogP contribution in [0, 0.1) is 0 Å². The summed E-state index contributed by atoms with van der Waals surface area (Å²) in [7, 11) is -3.75. The number of halogens is 1. The number of nitrogens with one attached hydrogen (secondary N) is 2. The highest BCUT2D eigenvalue weighted by Gasteiger charge is 2.22. The number of rotatable bonds is 6. The van der Waals surface area contributed by atoms with Crippen molar-refractivity contribution in [1.29, 1.82) is 0 Å². The number of amides is 1. The zero-order valence-electron chi connectivity index (χ0n) is 16.1. The summed E-state index contributed by atoms with van der Waals surface area (Å²) in [6, 6.07) is 17.9. The minimum absolute atomic E-state index is 0.0346. The molecule has 1 fully saturated rings. The lowest BCUT2D eigenvalue weighted by Gasteiger charge is -2.13. The molecule has 1 heterocycles. The van der Waals surface area contributed by atoms with Gasteiger partial charge in [0.1, 0.15) is 0 Å². The second-order valence-electron chi connectivity index (χ2n) is 7.14. The first-order valence-electron chi connectivity index (χ1n) is 9.63. The van der Waals surface area contributed by atoms with Crippen molar-refractivity contribution in [2.24, 2.45) is 0 Å². The number of sulfonamides is 1. The highest BCUT2D eigenvalue weighted by Crippen LogP contribution is 2.24. The molecule has 30 heavy (non-hydrogen) atoms. The van der Waals surface area contributed by atoms with Gasteiger partial charge < -0.3 is 10.1 Å². The summed E-state index contributed by atoms with van der Waals surface area (Å²) < 4.78 is 33.9. The summed E-state index contributed by atoms with van der Waals surface area (Å²) in [5, 5.41) is 4.92. The lowest BCUT2D eigenvalue weighted by Crippen LogP contribution is -2.32. The number of anilines is 1. The van der Waals surface area contributed by atoms with Gasteiger partial charge >= 0.3 is 0 Å². The Morgan fingerprint density at radius 3 is 2.63 bits per heavy atom. The summed E-state index contributed by atoms with van der Waals surface area (Å²) in [6.07, 6.45) is 1.66. The van der Waals surface area contributed by atoms with Gasteiger partial charge in [-0.3, -0.25) is 4.79 Å². The molecule has 1 aliphatic rings. The lowest BCUT2D eigenvalue weighted by atomic mass is 10.1. The van der Waals surface area contributed by atoms with Crippen LogP contribution in [0.25, 0.3) is 10.8 Å². The average Bonchev–Trinajstić information content (AvgIpc) is 3.26. The average molecular weight is 489 g/mol. The van der Waals surface area contributed by atoms with E-state index < -0.39 is 15.9 Å². The molecule has 0 radical (unpaired) electrons. The molecule has 4 rings (SSSR count). The van der Waals surface area contributed by atoms with Gasteiger partial charge in [-0.05, 0) is 69.9 Å². The number of fused-ring (bicyclic) bond motifs is 1. The Labute approximate surface area is 183 Å². The number of benzene rings is 3. The van der Waals surface area contributed by atoms with Gasteiger partial charge in [-0.2, -0.15) is 0 Å². The molecule has 1 amide bonds. The third-order valence-electron chi connectivity index (χ3n) is 5.03. The summed E-state index contributed by atoms with van der Waals surface area (Å²) in [4.78, 5) is 12.9. The largest absolute Gasteiger partial charge is 0.377 e. The molecule has 0 spiro atoms. The van der Waals surface area contributed by atoms with E-state index in [0.717, 1.165) is 23.6 Å². The van der Waals surface area contributed by atoms with Gasteiger partial charge in [0.25, 0.3) is 5.91 Å². The Morgan fingerprint density at radius 2 is 1.87 bits per heavy atom. The van der Waals surface area contributed by atoms with Crippen LogP contribution >= 0.6 is 15.9 Å². The minimum Gasteiger partial charge on any atom is -0.377 e. The molecule has 8 heteroatoms. The SMILES string of the molecule is O=C(Nc1ccc2ccccc2c1)c1cc(S(=O)(=O)NC[C@H]2CCCO2)ccc1Br. The molecule has 3 aromatic carbocycles. The minimum atomic E-state index is -3.75. The quantitative estimate of drug-likeness (QED) is 0.541. The number of ether oxygens (including phenoxy) is 1. The third-order valence-corrected chi connectivity index (χ3v) is 7.14. The van der Waals surface area contributed by atoms with Crippen molar-refractivity contribution < 1.29 is 17.9 Å². The maximum atomic E-state index is 12.8. The van der Waals surface area contributed by atoms with E-state index in [4.69, 9.17) is 4.74 Å². The van der Waals surface area contributed by atoms with Crippen LogP contribution in [0.4, 0.5) is 5.69 Å². The van der Waals surface area contributed by atoms with Crippen LogP contribution in [0.2, 0.25) is 0 Å². The summed E-state index contributed by atoms with van der Waals surface area (Å²) in [6.45, 7) is 0.876. The lowest BCUT2D eigenvalue weighted by molar-refractivity contribution is 0.102. The molecule has 1 aliphatic heterocycles. The Hall–Kier alpha value is -2.26. The van der Waals surface area contributed by atoms with Gasteiger partial charge in [0.15, 0.2) is 0 Å². The van der Waals surface area contributed by atoms with E-state index in [0.29, 0.717) is 16.8 Å². The first-order chi connectivity index (χ1) is 14.4. The highest BCUT2D eigenvalue weighted by atomic mass is 79.9. The maximum Gasteiger partial charge on any atom is 0.256 e. The molecule has 2 N–H and O–H groups in total. The fraction of sp³-hybridized carbons (Fsp3) is 0.227. The normalized spacial score (nSPS) is 16.6. The van der Waals surface area contributed by atoms with Crippen LogP contribution in [0.3, 0.4) is 0 Å². The van der Waals surface area contributed by atoms with Crippen molar-refractivity contribution in [2.45, 2.75) is 23.8 Å². The van der Waals surface area contributed by atoms with Crippen molar-refractivity contribution in [3.8, 4) is 0 Å². The Bertz CT molecular complexity index is 1190. The van der Waals surface area contributed by atoms with Crippen molar-refractivity contribution in [3.05, 3.63) is 70.7 Å². The van der Waals surface area contributed by atoms with Crippen LogP contribution in [0.15, 0.2) is 70.0 Å². The van der Waals surface area contributed by atoms with Crippen molar-refractivity contribution >= 4 is 48.3 Å². The summed E-state index contributed by atoms with van der Waals surface area (Å²) in [5.74, 6) is -0.395. The van der Waals surface area contributed by atoms with Crippen LogP contribution in [0.1, 0.15) is 23.2 Å². The molecule has 0 aliphatic carbocycles. The Balaban J connectivity index is 1.53. The highest BCUT2D eigenvalue weighted by molar-refractivity contribution is 9.10. The van der Waals surface area contributed by atoms with E-state index in [9.17, 15) is 13.2 Å². The first kappa shape index (κ1) is 21.0. The molecule has 3 aromatic rings. The zero-order valence-corrected chi connectivity index (χ0v) is 18.5. The van der Waals surface area contributed by atoms with Crippen molar-refractivity contribution in [2.75, 3.05) is 18.5 Å². The first-order valence-corrected chi connectivity index (χ1v) is 11.9. The van der Waals surface area contributed by atoms with Gasteiger partial charge in [-0.25, -0.2) is 13.1 Å². The van der Waals surface area contributed by atoms with E-state index in [1.165, 1.54) is 12.1 Å². The van der Waals surface area contributed by atoms with E-state index >= 15 is 0 Å². The smallest absolute Gasteiger partial charge is 0.256 e. The fourth-order valence-electron chi connectivity index (χ4n) is 3.40. The molecule has 1 atom stereocenters. The topological polar surface area (TPSA) is 84.5 Å². The third kappa shape index (κ3) is 4.73. The number of hydrogen-bond donors (Lipinski definition) is 2. The summed E-state index contributed by atoms with van der Waals surface area (Å²) in [5.41, 5.74) is 0.874. The Kier molecular flexibility index (Phi) is 6.19. The van der Waals surface area contributed by atoms with Crippen LogP contribution < -0.4 is 10.0 Å². The van der Waals surface area contributed by atoms with Crippen LogP contribution in [-0.4, -0.2) is 33.6 Å². The molecule has 156 valence electrons. The van der Waals surface area contributed by atoms with Gasteiger partial charge in [-0.1, -0.05) is 30.3 Å². The predicted octanol–water partition coefficient (Wildman–Crippen LogP) is 4.31. The standard InChI is InChI=1S/C22H21BrN2O4S/c23-21-10-9-19(30(27,28)24-14-18-6-3-11-29-18)13-20(21)22(26)25-17-8-7-15-4-1-2-5-16(15)12-17/h1-2,4-5,7-10,12-13,18,24H,3,6,11,14H2,(H,25,26)/t18-/m1/s1. The van der Waals surface area contributed by atoms with Gasteiger partial charge in [0, 0.05) is 23.3 Å². The molecule has 1 saturated heterocycles. The van der Waals surface area contributed by atoms with E-state index in [2.05, 4.69) is 26.0 Å². The second-order valence-corrected chi connectivity index (χ2v) is 9.77. The fourth-order valence-corrected chi connectivity index (χ4v) is 4.92. The van der Waals surface area contributed by atoms with Crippen molar-refractivity contribution in [3.63, 3.8) is 0 Å². The predicted molar refractivity (Wildman–Crippen MR) is 120 cm³/mol. The number of carbonyl (C=O) groups is 1. The zero-order chi connectivity index (χ0) is 21.1. The maximum absolute atomic E-state index is 12.8. The summed E-state index contributed by atoms with van der Waals surface area (Å²) >= 11 is 3.35. The van der Waals surface area contributed by atoms with Gasteiger partial charge in [0.2, 0.25) is 10.0 Å². The molecular weight excluding hydrogens is 468 g/mol. The van der Waals surface area contributed by atoms with E-state index in [1.807, 2.05) is 42.5 Å². The van der Waals surface area contributed by atoms with Crippen LogP contribution in [-0.2, 0) is 14.8 Å². The number of carbonyl (C=O) groups excluding carboxylic acids is 1.